The number of ether oxygens (including phenoxy) is 2. The summed E-state index contributed by atoms with van der Waals surface area (Å²) >= 11 is 0. The summed E-state index contributed by atoms with van der Waals surface area (Å²) < 4.78 is 10.6. The first kappa shape index (κ1) is 16.7. The highest BCUT2D eigenvalue weighted by Gasteiger charge is 2.28. The molecule has 0 radical (unpaired) electrons. The number of carbonyl (C=O) groups is 1. The van der Waals surface area contributed by atoms with Gasteiger partial charge in [-0.1, -0.05) is 0 Å². The number of hydrogen-bond acceptors (Lipinski definition) is 4. The van der Waals surface area contributed by atoms with Crippen LogP contribution in [0.4, 0.5) is 0 Å². The third kappa shape index (κ3) is 6.24. The number of rotatable bonds is 4. The number of nitrogens with one attached hydrogen (secondary N) is 1. The van der Waals surface area contributed by atoms with E-state index in [1.165, 1.54) is 0 Å². The smallest absolute Gasteiger partial charge is 0.309 e. The number of carbonyl (C=O) groups excluding carboxylic acids is 1. The summed E-state index contributed by atoms with van der Waals surface area (Å²) in [6.45, 7) is 6.64. The lowest BCUT2D eigenvalue weighted by Gasteiger charge is -2.24. The molecule has 1 fully saturated rings. The van der Waals surface area contributed by atoms with Crippen molar-refractivity contribution in [3.05, 3.63) is 0 Å². The summed E-state index contributed by atoms with van der Waals surface area (Å²) in [5.74, 6) is -0.187. The van der Waals surface area contributed by atoms with Crippen molar-refractivity contribution in [1.29, 1.82) is 0 Å². The van der Waals surface area contributed by atoms with Gasteiger partial charge in [0.25, 0.3) is 0 Å². The van der Waals surface area contributed by atoms with E-state index >= 15 is 0 Å². The van der Waals surface area contributed by atoms with Crippen molar-refractivity contribution in [3.63, 3.8) is 0 Å². The van der Waals surface area contributed by atoms with Gasteiger partial charge in [-0.2, -0.15) is 0 Å². The standard InChI is InChI=1S/C12H23NO3.ClH/c1-12(2,3)16-11(14)8-10(15-4)9-6-5-7-13-9;/h9-10,13H,5-8H2,1-4H3;1H/t9-,10+;/m0./s1. The maximum Gasteiger partial charge on any atom is 0.309 e. The number of esters is 1. The van der Waals surface area contributed by atoms with Crippen molar-refractivity contribution in [2.75, 3.05) is 13.7 Å². The molecule has 0 amide bonds. The van der Waals surface area contributed by atoms with E-state index in [0.717, 1.165) is 19.4 Å². The van der Waals surface area contributed by atoms with Crippen LogP contribution >= 0.6 is 12.4 Å². The average molecular weight is 266 g/mol. The second kappa shape index (κ2) is 7.19. The lowest BCUT2D eigenvalue weighted by atomic mass is 10.1. The van der Waals surface area contributed by atoms with E-state index in [-0.39, 0.29) is 30.5 Å². The molecule has 5 heteroatoms. The first-order chi connectivity index (χ1) is 7.42. The molecule has 1 saturated heterocycles. The Balaban J connectivity index is 0.00000256. The first-order valence-electron chi connectivity index (χ1n) is 5.90. The molecule has 0 aromatic heterocycles. The van der Waals surface area contributed by atoms with Gasteiger partial charge in [0.15, 0.2) is 0 Å². The second-order valence-corrected chi connectivity index (χ2v) is 5.27. The van der Waals surface area contributed by atoms with Crippen molar-refractivity contribution < 1.29 is 14.3 Å². The molecule has 1 aliphatic rings. The van der Waals surface area contributed by atoms with E-state index in [2.05, 4.69) is 5.32 Å². The Hall–Kier alpha value is -0.320. The average Bonchev–Trinajstić information content (AvgIpc) is 2.63. The summed E-state index contributed by atoms with van der Waals surface area (Å²) in [4.78, 5) is 11.7. The zero-order valence-corrected chi connectivity index (χ0v) is 11.9. The molecule has 17 heavy (non-hydrogen) atoms. The van der Waals surface area contributed by atoms with Crippen LogP contribution < -0.4 is 5.32 Å². The van der Waals surface area contributed by atoms with Crippen LogP contribution in [0.1, 0.15) is 40.0 Å². The zero-order valence-electron chi connectivity index (χ0n) is 11.1. The third-order valence-corrected chi connectivity index (χ3v) is 2.64. The molecular weight excluding hydrogens is 242 g/mol. The van der Waals surface area contributed by atoms with Crippen molar-refractivity contribution in [2.45, 2.75) is 57.8 Å². The molecule has 1 aliphatic heterocycles. The maximum absolute atomic E-state index is 11.7. The van der Waals surface area contributed by atoms with Crippen molar-refractivity contribution in [1.82, 2.24) is 5.32 Å². The minimum absolute atomic E-state index is 0. The van der Waals surface area contributed by atoms with Crippen molar-refractivity contribution >= 4 is 18.4 Å². The number of halogens is 1. The van der Waals surface area contributed by atoms with E-state index in [9.17, 15) is 4.79 Å². The fraction of sp³-hybridized carbons (Fsp3) is 0.917. The summed E-state index contributed by atoms with van der Waals surface area (Å²) in [6, 6.07) is 0.289. The van der Waals surface area contributed by atoms with Crippen LogP contribution in [-0.2, 0) is 14.3 Å². The molecule has 4 nitrogen and oxygen atoms in total. The molecule has 0 unspecified atom stereocenters. The lowest BCUT2D eigenvalue weighted by Crippen LogP contribution is -2.39. The highest BCUT2D eigenvalue weighted by atomic mass is 35.5. The Bertz CT molecular complexity index is 234. The van der Waals surface area contributed by atoms with Gasteiger partial charge in [0, 0.05) is 13.2 Å². The molecule has 0 spiro atoms. The summed E-state index contributed by atoms with van der Waals surface area (Å²) in [5, 5.41) is 3.34. The molecule has 0 bridgehead atoms. The van der Waals surface area contributed by atoms with Gasteiger partial charge in [0.05, 0.1) is 12.5 Å². The minimum Gasteiger partial charge on any atom is -0.460 e. The van der Waals surface area contributed by atoms with Crippen LogP contribution in [0.5, 0.6) is 0 Å². The van der Waals surface area contributed by atoms with E-state index in [0.29, 0.717) is 6.42 Å². The molecule has 0 aromatic rings. The van der Waals surface area contributed by atoms with Gasteiger partial charge >= 0.3 is 5.97 Å². The molecule has 0 saturated carbocycles. The Kier molecular flexibility index (Phi) is 7.05. The van der Waals surface area contributed by atoms with E-state index in [1.54, 1.807) is 7.11 Å². The molecule has 102 valence electrons. The van der Waals surface area contributed by atoms with Crippen molar-refractivity contribution in [2.24, 2.45) is 0 Å². The molecule has 1 N–H and O–H groups in total. The quantitative estimate of drug-likeness (QED) is 0.789. The highest BCUT2D eigenvalue weighted by molar-refractivity contribution is 5.85. The molecule has 0 aromatic carbocycles. The minimum atomic E-state index is -0.418. The predicted octanol–water partition coefficient (Wildman–Crippen LogP) is 1.91. The van der Waals surface area contributed by atoms with Crippen LogP contribution in [-0.4, -0.2) is 37.4 Å². The van der Waals surface area contributed by atoms with Gasteiger partial charge in [-0.25, -0.2) is 0 Å². The van der Waals surface area contributed by atoms with Crippen LogP contribution in [0, 0.1) is 0 Å². The SMILES string of the molecule is CO[C@H](CC(=O)OC(C)(C)C)[C@@H]1CCCN1.Cl. The van der Waals surface area contributed by atoms with Gasteiger partial charge in [-0.15, -0.1) is 12.4 Å². The summed E-state index contributed by atoms with van der Waals surface area (Å²) in [5.41, 5.74) is -0.418. The van der Waals surface area contributed by atoms with Gasteiger partial charge in [-0.05, 0) is 40.2 Å². The van der Waals surface area contributed by atoms with Gasteiger partial charge in [-0.3, -0.25) is 4.79 Å². The molecule has 2 atom stereocenters. The normalized spacial score (nSPS) is 21.8. The summed E-state index contributed by atoms with van der Waals surface area (Å²) in [6.07, 6.45) is 2.48. The van der Waals surface area contributed by atoms with Gasteiger partial charge in [0.2, 0.25) is 0 Å². The Labute approximate surface area is 110 Å². The first-order valence-corrected chi connectivity index (χ1v) is 5.90. The summed E-state index contributed by atoms with van der Waals surface area (Å²) in [7, 11) is 1.65. The van der Waals surface area contributed by atoms with Crippen molar-refractivity contribution in [3.8, 4) is 0 Å². The highest BCUT2D eigenvalue weighted by Crippen LogP contribution is 2.17. The van der Waals surface area contributed by atoms with E-state index < -0.39 is 5.60 Å². The monoisotopic (exact) mass is 265 g/mol. The molecule has 0 aliphatic carbocycles. The molecule has 1 rings (SSSR count). The largest absolute Gasteiger partial charge is 0.460 e. The van der Waals surface area contributed by atoms with Crippen LogP contribution in [0.15, 0.2) is 0 Å². The maximum atomic E-state index is 11.7. The fourth-order valence-electron chi connectivity index (χ4n) is 1.97. The van der Waals surface area contributed by atoms with E-state index in [1.807, 2.05) is 20.8 Å². The van der Waals surface area contributed by atoms with Crippen LogP contribution in [0.3, 0.4) is 0 Å². The fourth-order valence-corrected chi connectivity index (χ4v) is 1.97. The van der Waals surface area contributed by atoms with E-state index in [4.69, 9.17) is 9.47 Å². The number of hydrogen-bond donors (Lipinski definition) is 1. The van der Waals surface area contributed by atoms with Crippen LogP contribution in [0.2, 0.25) is 0 Å². The molecule has 1 heterocycles. The Morgan fingerprint density at radius 2 is 2.12 bits per heavy atom. The second-order valence-electron chi connectivity index (χ2n) is 5.27. The zero-order chi connectivity index (χ0) is 12.2. The molecular formula is C12H24ClNO3. The van der Waals surface area contributed by atoms with Gasteiger partial charge in [0.1, 0.15) is 5.60 Å². The third-order valence-electron chi connectivity index (χ3n) is 2.64. The number of methoxy groups -OCH3 is 1. The van der Waals surface area contributed by atoms with Crippen LogP contribution in [0.25, 0.3) is 0 Å². The van der Waals surface area contributed by atoms with Gasteiger partial charge < -0.3 is 14.8 Å². The Morgan fingerprint density at radius 1 is 1.47 bits per heavy atom. The predicted molar refractivity (Wildman–Crippen MR) is 69.5 cm³/mol. The topological polar surface area (TPSA) is 47.6 Å². The lowest BCUT2D eigenvalue weighted by molar-refractivity contribution is -0.158. The Morgan fingerprint density at radius 3 is 2.53 bits per heavy atom.